The first-order valence-electron chi connectivity index (χ1n) is 11.0. The molecular weight excluding hydrogens is 362 g/mol. The van der Waals surface area contributed by atoms with Crippen molar-refractivity contribution in [3.05, 3.63) is 47.8 Å². The predicted octanol–water partition coefficient (Wildman–Crippen LogP) is 4.06. The number of H-pyrrole nitrogens is 1. The molecule has 1 aromatic carbocycles. The van der Waals surface area contributed by atoms with Crippen molar-refractivity contribution in [2.24, 2.45) is 5.41 Å². The third-order valence-corrected chi connectivity index (χ3v) is 7.17. The molecule has 2 aliphatic carbocycles. The Morgan fingerprint density at radius 3 is 2.90 bits per heavy atom. The van der Waals surface area contributed by atoms with Crippen LogP contribution in [0.5, 0.6) is 0 Å². The smallest absolute Gasteiger partial charge is 0.232 e. The molecule has 1 atom stereocenters. The molecule has 0 radical (unpaired) electrons. The van der Waals surface area contributed by atoms with Gasteiger partial charge in [-0.15, -0.1) is 0 Å². The summed E-state index contributed by atoms with van der Waals surface area (Å²) in [5.74, 6) is 0.323. The summed E-state index contributed by atoms with van der Waals surface area (Å²) in [6.07, 6.45) is 12.4. The molecule has 3 aliphatic rings. The Kier molecular flexibility index (Phi) is 4.69. The Morgan fingerprint density at radius 1 is 1.21 bits per heavy atom. The number of hydrogen-bond acceptors (Lipinski definition) is 2. The second kappa shape index (κ2) is 7.36. The Hall–Kier alpha value is -2.56. The van der Waals surface area contributed by atoms with Gasteiger partial charge in [0.25, 0.3) is 0 Å². The molecule has 2 heterocycles. The van der Waals surface area contributed by atoms with Gasteiger partial charge in [-0.1, -0.05) is 37.1 Å². The SMILES string of the molecule is O=C1CC[C@]2(C(=O)NCCc3c[nH]c4ccccc34)CCC=C2N1C1CCCC1. The molecule has 5 rings (SSSR count). The molecule has 1 aliphatic heterocycles. The number of amides is 2. The molecule has 0 spiro atoms. The molecule has 29 heavy (non-hydrogen) atoms. The van der Waals surface area contributed by atoms with Crippen molar-refractivity contribution in [3.63, 3.8) is 0 Å². The minimum absolute atomic E-state index is 0.108. The van der Waals surface area contributed by atoms with E-state index in [1.165, 1.54) is 23.8 Å². The van der Waals surface area contributed by atoms with Gasteiger partial charge in [0.05, 0.1) is 5.41 Å². The first-order chi connectivity index (χ1) is 14.2. The van der Waals surface area contributed by atoms with Gasteiger partial charge in [0.15, 0.2) is 0 Å². The van der Waals surface area contributed by atoms with Crippen LogP contribution >= 0.6 is 0 Å². The van der Waals surface area contributed by atoms with Crippen LogP contribution < -0.4 is 5.32 Å². The van der Waals surface area contributed by atoms with Crippen LogP contribution in [0.3, 0.4) is 0 Å². The van der Waals surface area contributed by atoms with Crippen molar-refractivity contribution in [2.75, 3.05) is 6.54 Å². The van der Waals surface area contributed by atoms with Gasteiger partial charge in [-0.25, -0.2) is 0 Å². The van der Waals surface area contributed by atoms with Crippen molar-refractivity contribution in [1.29, 1.82) is 0 Å². The number of carbonyl (C=O) groups excluding carboxylic acids is 2. The molecule has 2 aromatic rings. The van der Waals surface area contributed by atoms with Crippen molar-refractivity contribution >= 4 is 22.7 Å². The highest BCUT2D eigenvalue weighted by Gasteiger charge is 2.52. The minimum Gasteiger partial charge on any atom is -0.361 e. The van der Waals surface area contributed by atoms with Gasteiger partial charge in [-0.2, -0.15) is 0 Å². The maximum absolute atomic E-state index is 13.4. The fraction of sp³-hybridized carbons (Fsp3) is 0.500. The van der Waals surface area contributed by atoms with E-state index in [9.17, 15) is 9.59 Å². The molecule has 1 aromatic heterocycles. The van der Waals surface area contributed by atoms with Crippen LogP contribution in [-0.4, -0.2) is 34.3 Å². The van der Waals surface area contributed by atoms with Crippen molar-refractivity contribution in [1.82, 2.24) is 15.2 Å². The van der Waals surface area contributed by atoms with E-state index in [1.807, 2.05) is 23.2 Å². The molecule has 2 amide bonds. The first-order valence-corrected chi connectivity index (χ1v) is 11.0. The number of benzene rings is 1. The summed E-state index contributed by atoms with van der Waals surface area (Å²) in [5.41, 5.74) is 2.86. The summed E-state index contributed by atoms with van der Waals surface area (Å²) in [4.78, 5) is 31.4. The van der Waals surface area contributed by atoms with E-state index in [0.717, 1.165) is 43.3 Å². The quantitative estimate of drug-likeness (QED) is 0.807. The van der Waals surface area contributed by atoms with Crippen LogP contribution in [0, 0.1) is 5.41 Å². The highest BCUT2D eigenvalue weighted by atomic mass is 16.2. The van der Waals surface area contributed by atoms with Gasteiger partial charge in [-0.05, 0) is 50.2 Å². The molecule has 0 bridgehead atoms. The number of piperidine rings is 1. The summed E-state index contributed by atoms with van der Waals surface area (Å²) in [7, 11) is 0. The lowest BCUT2D eigenvalue weighted by Gasteiger charge is -2.44. The summed E-state index contributed by atoms with van der Waals surface area (Å²) in [5, 5.41) is 4.43. The number of aromatic amines is 1. The number of carbonyl (C=O) groups is 2. The number of fused-ring (bicyclic) bond motifs is 2. The van der Waals surface area contributed by atoms with Gasteiger partial charge in [-0.3, -0.25) is 9.59 Å². The zero-order valence-electron chi connectivity index (χ0n) is 16.9. The van der Waals surface area contributed by atoms with E-state index >= 15 is 0 Å². The monoisotopic (exact) mass is 391 g/mol. The number of nitrogens with zero attached hydrogens (tertiary/aromatic N) is 1. The number of rotatable bonds is 5. The van der Waals surface area contributed by atoms with Crippen molar-refractivity contribution in [2.45, 2.75) is 63.8 Å². The van der Waals surface area contributed by atoms with Gasteiger partial charge >= 0.3 is 0 Å². The maximum Gasteiger partial charge on any atom is 0.232 e. The normalized spacial score (nSPS) is 24.8. The third kappa shape index (κ3) is 3.07. The van der Waals surface area contributed by atoms with Crippen LogP contribution in [0.2, 0.25) is 0 Å². The van der Waals surface area contributed by atoms with Crippen LogP contribution in [0.4, 0.5) is 0 Å². The Balaban J connectivity index is 1.29. The number of para-hydroxylation sites is 1. The lowest BCUT2D eigenvalue weighted by molar-refractivity contribution is -0.141. The van der Waals surface area contributed by atoms with E-state index in [4.69, 9.17) is 0 Å². The van der Waals surface area contributed by atoms with Crippen molar-refractivity contribution < 1.29 is 9.59 Å². The van der Waals surface area contributed by atoms with Crippen LogP contribution in [0.15, 0.2) is 42.2 Å². The molecule has 152 valence electrons. The average molecular weight is 392 g/mol. The van der Waals surface area contributed by atoms with E-state index in [-0.39, 0.29) is 11.8 Å². The lowest BCUT2D eigenvalue weighted by Crippen LogP contribution is -2.53. The second-order valence-electron chi connectivity index (χ2n) is 8.78. The Bertz CT molecular complexity index is 969. The standard InChI is InChI=1S/C24H29N3O2/c28-22-11-14-24(13-5-10-21(24)27(22)18-6-1-2-7-18)23(29)25-15-12-17-16-26-20-9-4-3-8-19(17)20/h3-4,8-10,16,18,26H,1-2,5-7,11-15H2,(H,25,29)/t24-/m1/s1. The fourth-order valence-corrected chi connectivity index (χ4v) is 5.66. The van der Waals surface area contributed by atoms with Gasteiger partial charge in [0.2, 0.25) is 11.8 Å². The predicted molar refractivity (Wildman–Crippen MR) is 113 cm³/mol. The average Bonchev–Trinajstić information content (AvgIpc) is 3.48. The van der Waals surface area contributed by atoms with E-state index in [0.29, 0.717) is 25.4 Å². The highest BCUT2D eigenvalue weighted by Crippen LogP contribution is 2.50. The molecule has 0 unspecified atom stereocenters. The van der Waals surface area contributed by atoms with Crippen LogP contribution in [0.1, 0.15) is 56.9 Å². The van der Waals surface area contributed by atoms with E-state index in [2.05, 4.69) is 28.5 Å². The summed E-state index contributed by atoms with van der Waals surface area (Å²) >= 11 is 0. The number of allylic oxidation sites excluding steroid dienone is 1. The topological polar surface area (TPSA) is 65.2 Å². The fourth-order valence-electron chi connectivity index (χ4n) is 5.66. The van der Waals surface area contributed by atoms with E-state index in [1.54, 1.807) is 0 Å². The number of nitrogens with one attached hydrogen (secondary N) is 2. The molecular formula is C24H29N3O2. The highest BCUT2D eigenvalue weighted by molar-refractivity contribution is 5.92. The number of aromatic nitrogens is 1. The second-order valence-corrected chi connectivity index (χ2v) is 8.78. The Morgan fingerprint density at radius 2 is 2.03 bits per heavy atom. The van der Waals surface area contributed by atoms with Gasteiger partial charge in [0.1, 0.15) is 0 Å². The van der Waals surface area contributed by atoms with Crippen LogP contribution in [0.25, 0.3) is 10.9 Å². The lowest BCUT2D eigenvalue weighted by atomic mass is 9.75. The van der Waals surface area contributed by atoms with Crippen LogP contribution in [-0.2, 0) is 16.0 Å². The van der Waals surface area contributed by atoms with Gasteiger partial charge in [0, 0.05) is 41.8 Å². The molecule has 5 heteroatoms. The summed E-state index contributed by atoms with van der Waals surface area (Å²) in [6.45, 7) is 0.618. The molecule has 2 fully saturated rings. The zero-order chi connectivity index (χ0) is 19.8. The molecule has 2 N–H and O–H groups in total. The van der Waals surface area contributed by atoms with E-state index < -0.39 is 5.41 Å². The van der Waals surface area contributed by atoms with Crippen molar-refractivity contribution in [3.8, 4) is 0 Å². The number of likely N-dealkylation sites (tertiary alicyclic amines) is 1. The summed E-state index contributed by atoms with van der Waals surface area (Å²) < 4.78 is 0. The number of hydrogen-bond donors (Lipinski definition) is 2. The Labute approximate surface area is 171 Å². The molecule has 1 saturated heterocycles. The minimum atomic E-state index is -0.503. The third-order valence-electron chi connectivity index (χ3n) is 7.17. The zero-order valence-corrected chi connectivity index (χ0v) is 16.9. The molecule has 1 saturated carbocycles. The van der Waals surface area contributed by atoms with Gasteiger partial charge < -0.3 is 15.2 Å². The summed E-state index contributed by atoms with van der Waals surface area (Å²) in [6, 6.07) is 8.56. The largest absolute Gasteiger partial charge is 0.361 e. The maximum atomic E-state index is 13.4. The molecule has 5 nitrogen and oxygen atoms in total. The first kappa shape index (κ1) is 18.5.